The lowest BCUT2D eigenvalue weighted by Gasteiger charge is -2.23. The zero-order valence-corrected chi connectivity index (χ0v) is 14.7. The van der Waals surface area contributed by atoms with Crippen molar-refractivity contribution in [2.75, 3.05) is 7.11 Å². The van der Waals surface area contributed by atoms with Gasteiger partial charge >= 0.3 is 5.97 Å². The minimum Gasteiger partial charge on any atom is -0.496 e. The second kappa shape index (κ2) is 8.33. The Bertz CT molecular complexity index is 743. The fourth-order valence-electron chi connectivity index (χ4n) is 2.68. The normalized spacial score (nSPS) is 12.9. The first kappa shape index (κ1) is 18.5. The Morgan fingerprint density at radius 3 is 2.44 bits per heavy atom. The van der Waals surface area contributed by atoms with Crippen molar-refractivity contribution < 1.29 is 19.4 Å². The third-order valence-corrected chi connectivity index (χ3v) is 4.20. The zero-order valence-electron chi connectivity index (χ0n) is 14.7. The first-order valence-corrected chi connectivity index (χ1v) is 8.13. The summed E-state index contributed by atoms with van der Waals surface area (Å²) in [5, 5.41) is 12.2. The molecular formula is C20H23NO4. The number of carbonyl (C=O) groups excluding carboxylic acids is 1. The van der Waals surface area contributed by atoms with Crippen LogP contribution in [0.15, 0.2) is 48.5 Å². The van der Waals surface area contributed by atoms with Crippen LogP contribution in [0.25, 0.3) is 0 Å². The fourth-order valence-corrected chi connectivity index (χ4v) is 2.68. The van der Waals surface area contributed by atoms with Crippen LogP contribution in [0.5, 0.6) is 5.75 Å². The third kappa shape index (κ3) is 4.83. The van der Waals surface area contributed by atoms with E-state index in [0.29, 0.717) is 0 Å². The van der Waals surface area contributed by atoms with Crippen LogP contribution in [0.4, 0.5) is 0 Å². The van der Waals surface area contributed by atoms with Gasteiger partial charge in [-0.1, -0.05) is 42.5 Å². The van der Waals surface area contributed by atoms with E-state index in [4.69, 9.17) is 4.74 Å². The minimum atomic E-state index is -0.953. The summed E-state index contributed by atoms with van der Waals surface area (Å²) in [7, 11) is 1.59. The first-order valence-electron chi connectivity index (χ1n) is 8.13. The standard InChI is InChI=1S/C20H23NO4/c1-13-9-10-15(11-17(13)25-3)12-18(22)21-19(14(2)20(23)24)16-7-5-4-6-8-16/h4-11,14,19H,12H2,1-3H3,(H,21,22)(H,23,24). The summed E-state index contributed by atoms with van der Waals surface area (Å²) in [5.74, 6) is -1.19. The molecule has 2 aromatic rings. The van der Waals surface area contributed by atoms with Crippen LogP contribution in [-0.4, -0.2) is 24.1 Å². The summed E-state index contributed by atoms with van der Waals surface area (Å²) < 4.78 is 5.28. The molecule has 0 radical (unpaired) electrons. The van der Waals surface area contributed by atoms with Crippen LogP contribution >= 0.6 is 0 Å². The molecular weight excluding hydrogens is 318 g/mol. The molecule has 0 aliphatic heterocycles. The van der Waals surface area contributed by atoms with Gasteiger partial charge in [0.1, 0.15) is 5.75 Å². The molecule has 1 amide bonds. The summed E-state index contributed by atoms with van der Waals surface area (Å²) in [6.45, 7) is 3.53. The number of carboxylic acids is 1. The molecule has 0 aliphatic rings. The Balaban J connectivity index is 2.15. The molecule has 2 rings (SSSR count). The van der Waals surface area contributed by atoms with E-state index in [1.807, 2.05) is 55.5 Å². The monoisotopic (exact) mass is 341 g/mol. The van der Waals surface area contributed by atoms with Gasteiger partial charge < -0.3 is 15.2 Å². The molecule has 0 spiro atoms. The van der Waals surface area contributed by atoms with Gasteiger partial charge in [-0.05, 0) is 36.6 Å². The first-order chi connectivity index (χ1) is 11.9. The van der Waals surface area contributed by atoms with Gasteiger partial charge in [0.15, 0.2) is 0 Å². The van der Waals surface area contributed by atoms with Crippen molar-refractivity contribution in [1.82, 2.24) is 5.32 Å². The second-order valence-corrected chi connectivity index (χ2v) is 6.06. The second-order valence-electron chi connectivity index (χ2n) is 6.06. The number of aryl methyl sites for hydroxylation is 1. The highest BCUT2D eigenvalue weighted by Crippen LogP contribution is 2.23. The Hall–Kier alpha value is -2.82. The highest BCUT2D eigenvalue weighted by Gasteiger charge is 2.26. The number of nitrogens with one attached hydrogen (secondary N) is 1. The van der Waals surface area contributed by atoms with Gasteiger partial charge in [0.2, 0.25) is 5.91 Å². The maximum atomic E-state index is 12.5. The van der Waals surface area contributed by atoms with Crippen molar-refractivity contribution in [1.29, 1.82) is 0 Å². The fraction of sp³-hybridized carbons (Fsp3) is 0.300. The summed E-state index contributed by atoms with van der Waals surface area (Å²) >= 11 is 0. The van der Waals surface area contributed by atoms with Crippen LogP contribution < -0.4 is 10.1 Å². The number of carbonyl (C=O) groups is 2. The molecule has 2 N–H and O–H groups in total. The predicted octanol–water partition coefficient (Wildman–Crippen LogP) is 3.12. The number of hydrogen-bond acceptors (Lipinski definition) is 3. The number of carboxylic acid groups (broad SMARTS) is 1. The lowest BCUT2D eigenvalue weighted by molar-refractivity contribution is -0.142. The summed E-state index contributed by atoms with van der Waals surface area (Å²) in [4.78, 5) is 23.9. The van der Waals surface area contributed by atoms with Crippen molar-refractivity contribution in [3.05, 3.63) is 65.2 Å². The molecule has 0 saturated heterocycles. The van der Waals surface area contributed by atoms with E-state index in [-0.39, 0.29) is 12.3 Å². The topological polar surface area (TPSA) is 75.6 Å². The number of aliphatic carboxylic acids is 1. The van der Waals surface area contributed by atoms with Crippen molar-refractivity contribution in [2.24, 2.45) is 5.92 Å². The molecule has 2 aromatic carbocycles. The van der Waals surface area contributed by atoms with Gasteiger partial charge in [0.25, 0.3) is 0 Å². The van der Waals surface area contributed by atoms with Gasteiger partial charge in [0, 0.05) is 0 Å². The van der Waals surface area contributed by atoms with Gasteiger partial charge in [-0.25, -0.2) is 0 Å². The molecule has 0 saturated carbocycles. The Morgan fingerprint density at radius 2 is 1.84 bits per heavy atom. The van der Waals surface area contributed by atoms with E-state index < -0.39 is 17.9 Å². The van der Waals surface area contributed by atoms with E-state index in [1.54, 1.807) is 14.0 Å². The SMILES string of the molecule is COc1cc(CC(=O)NC(c2ccccc2)C(C)C(=O)O)ccc1C. The number of ether oxygens (including phenoxy) is 1. The van der Waals surface area contributed by atoms with Gasteiger partial charge in [-0.15, -0.1) is 0 Å². The molecule has 5 nitrogen and oxygen atoms in total. The van der Waals surface area contributed by atoms with Crippen molar-refractivity contribution in [3.63, 3.8) is 0 Å². The number of hydrogen-bond donors (Lipinski definition) is 2. The molecule has 2 unspecified atom stereocenters. The van der Waals surface area contributed by atoms with Crippen LogP contribution in [0.3, 0.4) is 0 Å². The van der Waals surface area contributed by atoms with Crippen LogP contribution in [0.2, 0.25) is 0 Å². The Morgan fingerprint density at radius 1 is 1.16 bits per heavy atom. The van der Waals surface area contributed by atoms with Crippen LogP contribution in [-0.2, 0) is 16.0 Å². The van der Waals surface area contributed by atoms with Crippen molar-refractivity contribution >= 4 is 11.9 Å². The summed E-state index contributed by atoms with van der Waals surface area (Å²) in [6.07, 6.45) is 0.159. The molecule has 2 atom stereocenters. The largest absolute Gasteiger partial charge is 0.496 e. The van der Waals surface area contributed by atoms with E-state index in [1.165, 1.54) is 0 Å². The maximum absolute atomic E-state index is 12.5. The molecule has 132 valence electrons. The average Bonchev–Trinajstić information content (AvgIpc) is 2.61. The number of rotatable bonds is 7. The highest BCUT2D eigenvalue weighted by atomic mass is 16.5. The van der Waals surface area contributed by atoms with Crippen LogP contribution in [0.1, 0.15) is 29.7 Å². The zero-order chi connectivity index (χ0) is 18.4. The molecule has 0 aliphatic carbocycles. The highest BCUT2D eigenvalue weighted by molar-refractivity contribution is 5.80. The molecule has 0 aromatic heterocycles. The number of amides is 1. The van der Waals surface area contributed by atoms with Gasteiger partial charge in [-0.2, -0.15) is 0 Å². The van der Waals surface area contributed by atoms with Gasteiger partial charge in [-0.3, -0.25) is 9.59 Å². The average molecular weight is 341 g/mol. The minimum absolute atomic E-state index is 0.159. The predicted molar refractivity (Wildman–Crippen MR) is 95.6 cm³/mol. The number of benzene rings is 2. The van der Waals surface area contributed by atoms with Gasteiger partial charge in [0.05, 0.1) is 25.5 Å². The lowest BCUT2D eigenvalue weighted by atomic mass is 9.94. The number of methoxy groups -OCH3 is 1. The molecule has 25 heavy (non-hydrogen) atoms. The smallest absolute Gasteiger partial charge is 0.308 e. The summed E-state index contributed by atoms with van der Waals surface area (Å²) in [5.41, 5.74) is 2.58. The quantitative estimate of drug-likeness (QED) is 0.811. The third-order valence-electron chi connectivity index (χ3n) is 4.20. The maximum Gasteiger partial charge on any atom is 0.308 e. The Kier molecular flexibility index (Phi) is 6.17. The van der Waals surface area contributed by atoms with E-state index in [0.717, 1.165) is 22.4 Å². The van der Waals surface area contributed by atoms with Crippen LogP contribution in [0, 0.1) is 12.8 Å². The molecule has 0 heterocycles. The van der Waals surface area contributed by atoms with Crippen molar-refractivity contribution in [2.45, 2.75) is 26.3 Å². The summed E-state index contributed by atoms with van der Waals surface area (Å²) in [6, 6.07) is 14.2. The van der Waals surface area contributed by atoms with Crippen molar-refractivity contribution in [3.8, 4) is 5.75 Å². The molecule has 5 heteroatoms. The molecule has 0 bridgehead atoms. The van der Waals surface area contributed by atoms with E-state index >= 15 is 0 Å². The van der Waals surface area contributed by atoms with E-state index in [9.17, 15) is 14.7 Å². The van der Waals surface area contributed by atoms with E-state index in [2.05, 4.69) is 5.32 Å². The lowest BCUT2D eigenvalue weighted by Crippen LogP contribution is -2.36. The Labute approximate surface area is 147 Å². The molecule has 0 fully saturated rings.